The molecule has 166 valence electrons. The van der Waals surface area contributed by atoms with Crippen molar-refractivity contribution in [2.75, 3.05) is 18.5 Å². The number of carbonyl (C=O) groups is 2. The van der Waals surface area contributed by atoms with Gasteiger partial charge in [0.1, 0.15) is 18.5 Å². The van der Waals surface area contributed by atoms with Gasteiger partial charge in [-0.15, -0.1) is 0 Å². The number of amides is 2. The van der Waals surface area contributed by atoms with E-state index in [9.17, 15) is 9.59 Å². The molecule has 0 radical (unpaired) electrons. The molecule has 0 heterocycles. The van der Waals surface area contributed by atoms with E-state index < -0.39 is 18.1 Å². The van der Waals surface area contributed by atoms with Gasteiger partial charge in [0.15, 0.2) is 0 Å². The van der Waals surface area contributed by atoms with Gasteiger partial charge in [-0.3, -0.25) is 15.3 Å². The smallest absolute Gasteiger partial charge is 0.412 e. The number of anilines is 1. The van der Waals surface area contributed by atoms with Crippen LogP contribution in [0, 0.1) is 0 Å². The Morgan fingerprint density at radius 1 is 1.13 bits per heavy atom. The van der Waals surface area contributed by atoms with Crippen LogP contribution in [-0.2, 0) is 9.53 Å². The van der Waals surface area contributed by atoms with Gasteiger partial charge in [0.05, 0.1) is 6.61 Å². The van der Waals surface area contributed by atoms with Crippen molar-refractivity contribution in [1.29, 1.82) is 0 Å². The first-order valence-electron chi connectivity index (χ1n) is 9.70. The lowest BCUT2D eigenvalue weighted by Gasteiger charge is -2.21. The predicted octanol–water partition coefficient (Wildman–Crippen LogP) is 4.34. The number of para-hydroxylation sites is 1. The molecule has 2 amide bonds. The highest BCUT2D eigenvalue weighted by molar-refractivity contribution is 9.10. The van der Waals surface area contributed by atoms with Gasteiger partial charge < -0.3 is 14.6 Å². The molecule has 4 N–H and O–H groups in total. The third-order valence-corrected chi connectivity index (χ3v) is 4.70. The Morgan fingerprint density at radius 3 is 2.58 bits per heavy atom. The van der Waals surface area contributed by atoms with E-state index in [0.29, 0.717) is 36.3 Å². The molecular weight excluding hydrogens is 468 g/mol. The number of aliphatic hydroxyl groups excluding tert-OH is 1. The van der Waals surface area contributed by atoms with E-state index in [1.54, 1.807) is 48.5 Å². The third-order valence-electron chi connectivity index (χ3n) is 4.17. The largest absolute Gasteiger partial charge is 0.491 e. The van der Waals surface area contributed by atoms with Gasteiger partial charge in [0.25, 0.3) is 5.91 Å². The second kappa shape index (κ2) is 13.4. The maximum atomic E-state index is 12.5. The molecule has 0 aliphatic rings. The highest BCUT2D eigenvalue weighted by Gasteiger charge is 2.20. The number of halogens is 1. The summed E-state index contributed by atoms with van der Waals surface area (Å²) in [6.45, 7) is -0.0184. The van der Waals surface area contributed by atoms with Crippen LogP contribution < -0.4 is 15.5 Å². The fourth-order valence-electron chi connectivity index (χ4n) is 2.77. The van der Waals surface area contributed by atoms with E-state index in [4.69, 9.17) is 19.8 Å². The van der Waals surface area contributed by atoms with Crippen LogP contribution in [0.5, 0.6) is 5.75 Å². The normalized spacial score (nSPS) is 11.7. The van der Waals surface area contributed by atoms with Crippen molar-refractivity contribution in [1.82, 2.24) is 5.48 Å². The van der Waals surface area contributed by atoms with Gasteiger partial charge >= 0.3 is 6.09 Å². The molecular formula is C22H25BrN2O6. The Bertz CT molecular complexity index is 873. The number of hydroxylamine groups is 1. The topological polar surface area (TPSA) is 117 Å². The van der Waals surface area contributed by atoms with E-state index in [2.05, 4.69) is 21.2 Å². The summed E-state index contributed by atoms with van der Waals surface area (Å²) in [6, 6.07) is 14.3. The molecule has 31 heavy (non-hydrogen) atoms. The molecule has 0 aliphatic carbocycles. The van der Waals surface area contributed by atoms with E-state index in [-0.39, 0.29) is 13.2 Å². The summed E-state index contributed by atoms with van der Waals surface area (Å²) in [5, 5.41) is 20.3. The summed E-state index contributed by atoms with van der Waals surface area (Å²) in [5.41, 5.74) is 2.80. The molecule has 0 unspecified atom stereocenters. The Balaban J connectivity index is 2.09. The van der Waals surface area contributed by atoms with Crippen LogP contribution in [0.2, 0.25) is 0 Å². The van der Waals surface area contributed by atoms with Crippen molar-refractivity contribution in [2.24, 2.45) is 0 Å². The van der Waals surface area contributed by atoms with E-state index in [1.165, 1.54) is 11.6 Å². The number of unbranched alkanes of at least 4 members (excludes halogenated alkanes) is 1. The maximum absolute atomic E-state index is 12.5. The molecule has 2 aromatic rings. The molecule has 0 fully saturated rings. The summed E-state index contributed by atoms with van der Waals surface area (Å²) < 4.78 is 12.2. The SMILES string of the molecule is O=C(/C=C/CCC[C@@H](OC(=O)Nc1ccc(Br)cc1)c1ccccc1OCCO)NO. The predicted molar refractivity (Wildman–Crippen MR) is 119 cm³/mol. The van der Waals surface area contributed by atoms with E-state index in [0.717, 1.165) is 4.47 Å². The van der Waals surface area contributed by atoms with E-state index in [1.807, 2.05) is 6.07 Å². The molecule has 2 aromatic carbocycles. The quantitative estimate of drug-likeness (QED) is 0.160. The van der Waals surface area contributed by atoms with E-state index >= 15 is 0 Å². The molecule has 0 spiro atoms. The fraction of sp³-hybridized carbons (Fsp3) is 0.273. The van der Waals surface area contributed by atoms with Crippen molar-refractivity contribution in [2.45, 2.75) is 25.4 Å². The Labute approximate surface area is 189 Å². The van der Waals surface area contributed by atoms with Crippen molar-refractivity contribution >= 4 is 33.6 Å². The zero-order valence-electron chi connectivity index (χ0n) is 16.8. The molecule has 0 saturated heterocycles. The zero-order chi connectivity index (χ0) is 22.5. The molecule has 0 saturated carbocycles. The van der Waals surface area contributed by atoms with Crippen molar-refractivity contribution < 1.29 is 29.4 Å². The monoisotopic (exact) mass is 492 g/mol. The molecule has 0 aliphatic heterocycles. The summed E-state index contributed by atoms with van der Waals surface area (Å²) in [7, 11) is 0. The number of carbonyl (C=O) groups excluding carboxylic acids is 2. The van der Waals surface area contributed by atoms with Gasteiger partial charge in [-0.1, -0.05) is 40.2 Å². The van der Waals surface area contributed by atoms with Crippen LogP contribution in [-0.4, -0.2) is 35.5 Å². The number of rotatable bonds is 11. The molecule has 9 heteroatoms. The third kappa shape index (κ3) is 8.79. The average molecular weight is 493 g/mol. The summed E-state index contributed by atoms with van der Waals surface area (Å²) in [5.74, 6) is -0.0855. The van der Waals surface area contributed by atoms with Crippen LogP contribution in [0.15, 0.2) is 65.2 Å². The highest BCUT2D eigenvalue weighted by atomic mass is 79.9. The van der Waals surface area contributed by atoms with Crippen molar-refractivity contribution in [3.63, 3.8) is 0 Å². The number of allylic oxidation sites excluding steroid dienone is 1. The zero-order valence-corrected chi connectivity index (χ0v) is 18.4. The van der Waals surface area contributed by atoms with Crippen LogP contribution in [0.25, 0.3) is 0 Å². The Kier molecular flexibility index (Phi) is 10.6. The molecule has 2 rings (SSSR count). The van der Waals surface area contributed by atoms with Crippen LogP contribution >= 0.6 is 15.9 Å². The minimum Gasteiger partial charge on any atom is -0.491 e. The number of hydrogen-bond acceptors (Lipinski definition) is 6. The van der Waals surface area contributed by atoms with Gasteiger partial charge in [0.2, 0.25) is 0 Å². The lowest BCUT2D eigenvalue weighted by atomic mass is 10.0. The molecule has 1 atom stereocenters. The Morgan fingerprint density at radius 2 is 1.87 bits per heavy atom. The number of hydrogen-bond donors (Lipinski definition) is 4. The number of benzene rings is 2. The second-order valence-electron chi connectivity index (χ2n) is 6.45. The second-order valence-corrected chi connectivity index (χ2v) is 7.36. The van der Waals surface area contributed by atoms with Crippen LogP contribution in [0.3, 0.4) is 0 Å². The van der Waals surface area contributed by atoms with Gasteiger partial charge in [-0.25, -0.2) is 10.3 Å². The van der Waals surface area contributed by atoms with Crippen LogP contribution in [0.4, 0.5) is 10.5 Å². The first-order chi connectivity index (χ1) is 15.0. The first-order valence-corrected chi connectivity index (χ1v) is 10.5. The first kappa shape index (κ1) is 24.4. The molecule has 0 bridgehead atoms. The minimum absolute atomic E-state index is 0.119. The average Bonchev–Trinajstić information content (AvgIpc) is 2.78. The van der Waals surface area contributed by atoms with Gasteiger partial charge in [0, 0.05) is 21.8 Å². The molecule has 8 nitrogen and oxygen atoms in total. The number of aliphatic hydroxyl groups is 1. The maximum Gasteiger partial charge on any atom is 0.412 e. The fourth-order valence-corrected chi connectivity index (χ4v) is 3.03. The standard InChI is InChI=1S/C22H25BrN2O6/c23-16-10-12-17(13-11-16)24-22(28)31-20(8-2-1-3-9-21(27)25-29)18-6-4-5-7-19(18)30-15-14-26/h3-7,9-13,20,26,29H,1-2,8,14-15H2,(H,24,28)(H,25,27)/b9-3+/t20-/m1/s1. The minimum atomic E-state index is -0.612. The number of nitrogens with one attached hydrogen (secondary N) is 2. The number of ether oxygens (including phenoxy) is 2. The summed E-state index contributed by atoms with van der Waals surface area (Å²) >= 11 is 3.35. The van der Waals surface area contributed by atoms with Crippen molar-refractivity contribution in [3.05, 3.63) is 70.7 Å². The summed E-state index contributed by atoms with van der Waals surface area (Å²) in [6.07, 6.45) is 3.26. The van der Waals surface area contributed by atoms with Gasteiger partial charge in [-0.2, -0.15) is 0 Å². The molecule has 0 aromatic heterocycles. The van der Waals surface area contributed by atoms with Gasteiger partial charge in [-0.05, 0) is 49.6 Å². The Hall–Kier alpha value is -2.88. The van der Waals surface area contributed by atoms with Crippen LogP contribution in [0.1, 0.15) is 30.9 Å². The highest BCUT2D eigenvalue weighted by Crippen LogP contribution is 2.32. The van der Waals surface area contributed by atoms with Crippen molar-refractivity contribution in [3.8, 4) is 5.75 Å². The summed E-state index contributed by atoms with van der Waals surface area (Å²) in [4.78, 5) is 23.6. The lowest BCUT2D eigenvalue weighted by molar-refractivity contribution is -0.124. The lowest BCUT2D eigenvalue weighted by Crippen LogP contribution is -2.18.